The van der Waals surface area contributed by atoms with Crippen LogP contribution < -0.4 is 0 Å². The minimum atomic E-state index is -0.846. The molecule has 0 radical (unpaired) electrons. The number of amides is 1. The molecule has 17 heavy (non-hydrogen) atoms. The highest BCUT2D eigenvalue weighted by atomic mass is 32.2. The van der Waals surface area contributed by atoms with Gasteiger partial charge in [-0.05, 0) is 37.9 Å². The highest BCUT2D eigenvalue weighted by Crippen LogP contribution is 2.27. The quantitative estimate of drug-likeness (QED) is 0.816. The Balaban J connectivity index is 2.02. The molecule has 0 bridgehead atoms. The zero-order valence-electron chi connectivity index (χ0n) is 9.93. The molecule has 96 valence electrons. The first-order valence-electron chi connectivity index (χ1n) is 6.31. The number of rotatable bonds is 2. The number of thioether (sulfide) groups is 1. The second kappa shape index (κ2) is 5.76. The topological polar surface area (TPSA) is 57.6 Å². The lowest BCUT2D eigenvalue weighted by Gasteiger charge is -2.36. The van der Waals surface area contributed by atoms with Crippen molar-refractivity contribution in [1.82, 2.24) is 4.90 Å². The molecule has 2 heterocycles. The van der Waals surface area contributed by atoms with Crippen LogP contribution in [0.1, 0.15) is 32.1 Å². The Morgan fingerprint density at radius 3 is 2.65 bits per heavy atom. The third-order valence-corrected chi connectivity index (χ3v) is 4.80. The van der Waals surface area contributed by atoms with Crippen LogP contribution >= 0.6 is 11.8 Å². The molecule has 0 aromatic carbocycles. The van der Waals surface area contributed by atoms with Crippen LogP contribution in [0.2, 0.25) is 0 Å². The van der Waals surface area contributed by atoms with Gasteiger partial charge in [0, 0.05) is 18.2 Å². The molecule has 1 amide bonds. The van der Waals surface area contributed by atoms with Crippen molar-refractivity contribution in [2.24, 2.45) is 5.92 Å². The van der Waals surface area contributed by atoms with Crippen LogP contribution in [0.3, 0.4) is 0 Å². The maximum Gasteiger partial charge on any atom is 0.326 e. The molecule has 2 atom stereocenters. The maximum atomic E-state index is 12.3. The molecule has 2 unspecified atom stereocenters. The van der Waals surface area contributed by atoms with Gasteiger partial charge in [-0.3, -0.25) is 4.79 Å². The summed E-state index contributed by atoms with van der Waals surface area (Å²) in [4.78, 5) is 25.1. The SMILES string of the molecule is O=C(O)C1CCCCN1C(=O)C1CCCSC1. The molecular formula is C12H19NO3S. The van der Waals surface area contributed by atoms with Gasteiger partial charge in [0.1, 0.15) is 6.04 Å². The molecule has 0 saturated carbocycles. The molecule has 0 aliphatic carbocycles. The second-order valence-corrected chi connectivity index (χ2v) is 5.95. The van der Waals surface area contributed by atoms with Crippen molar-refractivity contribution in [2.75, 3.05) is 18.1 Å². The number of hydrogen-bond acceptors (Lipinski definition) is 3. The third kappa shape index (κ3) is 2.94. The van der Waals surface area contributed by atoms with E-state index in [1.54, 1.807) is 4.90 Å². The number of carbonyl (C=O) groups is 2. The molecule has 0 aromatic rings. The molecule has 2 aliphatic heterocycles. The molecule has 4 nitrogen and oxygen atoms in total. The molecule has 1 N–H and O–H groups in total. The number of piperidine rings is 1. The average molecular weight is 257 g/mol. The van der Waals surface area contributed by atoms with Crippen LogP contribution in [-0.2, 0) is 9.59 Å². The van der Waals surface area contributed by atoms with Gasteiger partial charge in [0.25, 0.3) is 0 Å². The first kappa shape index (κ1) is 12.7. The highest BCUT2D eigenvalue weighted by molar-refractivity contribution is 7.99. The van der Waals surface area contributed by atoms with Crippen molar-refractivity contribution >= 4 is 23.6 Å². The van der Waals surface area contributed by atoms with Crippen molar-refractivity contribution < 1.29 is 14.7 Å². The molecule has 0 spiro atoms. The summed E-state index contributed by atoms with van der Waals surface area (Å²) in [6, 6.07) is -0.580. The normalized spacial score (nSPS) is 30.0. The van der Waals surface area contributed by atoms with E-state index in [0.29, 0.717) is 13.0 Å². The summed E-state index contributed by atoms with van der Waals surface area (Å²) in [7, 11) is 0. The lowest BCUT2D eigenvalue weighted by atomic mass is 9.97. The fourth-order valence-electron chi connectivity index (χ4n) is 2.62. The number of carbonyl (C=O) groups excluding carboxylic acids is 1. The summed E-state index contributed by atoms with van der Waals surface area (Å²) >= 11 is 1.81. The smallest absolute Gasteiger partial charge is 0.326 e. The van der Waals surface area contributed by atoms with Crippen LogP contribution in [0.15, 0.2) is 0 Å². The molecular weight excluding hydrogens is 238 g/mol. The Labute approximate surface area is 106 Å². The minimum Gasteiger partial charge on any atom is -0.480 e. The van der Waals surface area contributed by atoms with E-state index in [1.165, 1.54) is 0 Å². The lowest BCUT2D eigenvalue weighted by Crippen LogP contribution is -2.50. The lowest BCUT2D eigenvalue weighted by molar-refractivity contribution is -0.153. The number of carboxylic acids is 1. The van der Waals surface area contributed by atoms with Gasteiger partial charge in [-0.1, -0.05) is 0 Å². The predicted molar refractivity (Wildman–Crippen MR) is 67.0 cm³/mol. The first-order valence-corrected chi connectivity index (χ1v) is 7.46. The Morgan fingerprint density at radius 2 is 2.00 bits per heavy atom. The molecule has 2 rings (SSSR count). The number of carboxylic acid groups (broad SMARTS) is 1. The summed E-state index contributed by atoms with van der Waals surface area (Å²) in [5.41, 5.74) is 0. The zero-order chi connectivity index (χ0) is 12.3. The van der Waals surface area contributed by atoms with E-state index in [9.17, 15) is 9.59 Å². The Hall–Kier alpha value is -0.710. The standard InChI is InChI=1S/C12H19NO3S/c14-11(9-4-3-7-17-8-9)13-6-2-1-5-10(13)12(15)16/h9-10H,1-8H2,(H,15,16). The van der Waals surface area contributed by atoms with Crippen LogP contribution in [0.25, 0.3) is 0 Å². The van der Waals surface area contributed by atoms with Crippen LogP contribution in [0, 0.1) is 5.92 Å². The monoisotopic (exact) mass is 257 g/mol. The van der Waals surface area contributed by atoms with E-state index < -0.39 is 12.0 Å². The molecule has 2 saturated heterocycles. The first-order chi connectivity index (χ1) is 8.20. The molecule has 2 fully saturated rings. The van der Waals surface area contributed by atoms with E-state index in [4.69, 9.17) is 5.11 Å². The van der Waals surface area contributed by atoms with E-state index in [0.717, 1.165) is 37.2 Å². The van der Waals surface area contributed by atoms with Gasteiger partial charge in [0.2, 0.25) is 5.91 Å². The summed E-state index contributed by atoms with van der Waals surface area (Å²) in [5, 5.41) is 9.16. The third-order valence-electron chi connectivity index (χ3n) is 3.58. The maximum absolute atomic E-state index is 12.3. The summed E-state index contributed by atoms with van der Waals surface area (Å²) < 4.78 is 0. The van der Waals surface area contributed by atoms with Gasteiger partial charge < -0.3 is 10.0 Å². The number of aliphatic carboxylic acids is 1. The van der Waals surface area contributed by atoms with E-state index in [2.05, 4.69) is 0 Å². The minimum absolute atomic E-state index is 0.0497. The van der Waals surface area contributed by atoms with Crippen molar-refractivity contribution in [3.63, 3.8) is 0 Å². The number of likely N-dealkylation sites (tertiary alicyclic amines) is 1. The van der Waals surface area contributed by atoms with Crippen LogP contribution in [-0.4, -0.2) is 46.0 Å². The van der Waals surface area contributed by atoms with Gasteiger partial charge in [0.15, 0.2) is 0 Å². The van der Waals surface area contributed by atoms with Gasteiger partial charge in [-0.25, -0.2) is 4.79 Å². The number of nitrogens with zero attached hydrogens (tertiary/aromatic N) is 1. The van der Waals surface area contributed by atoms with Crippen LogP contribution in [0.5, 0.6) is 0 Å². The van der Waals surface area contributed by atoms with Crippen molar-refractivity contribution in [2.45, 2.75) is 38.1 Å². The fraction of sp³-hybridized carbons (Fsp3) is 0.833. The summed E-state index contributed by atoms with van der Waals surface area (Å²) in [6.07, 6.45) is 4.47. The Morgan fingerprint density at radius 1 is 1.18 bits per heavy atom. The second-order valence-electron chi connectivity index (χ2n) is 4.80. The summed E-state index contributed by atoms with van der Waals surface area (Å²) in [5.74, 6) is 1.27. The van der Waals surface area contributed by atoms with Gasteiger partial charge >= 0.3 is 5.97 Å². The van der Waals surface area contributed by atoms with Crippen molar-refractivity contribution in [1.29, 1.82) is 0 Å². The van der Waals surface area contributed by atoms with E-state index in [1.807, 2.05) is 11.8 Å². The fourth-order valence-corrected chi connectivity index (χ4v) is 3.75. The van der Waals surface area contributed by atoms with Crippen LogP contribution in [0.4, 0.5) is 0 Å². The average Bonchev–Trinajstić information content (AvgIpc) is 2.39. The summed E-state index contributed by atoms with van der Waals surface area (Å²) in [6.45, 7) is 0.622. The van der Waals surface area contributed by atoms with Crippen molar-refractivity contribution in [3.05, 3.63) is 0 Å². The largest absolute Gasteiger partial charge is 0.480 e. The number of hydrogen-bond donors (Lipinski definition) is 1. The zero-order valence-corrected chi connectivity index (χ0v) is 10.7. The Kier molecular flexibility index (Phi) is 4.31. The molecule has 2 aliphatic rings. The van der Waals surface area contributed by atoms with Gasteiger partial charge in [-0.2, -0.15) is 11.8 Å². The van der Waals surface area contributed by atoms with E-state index in [-0.39, 0.29) is 11.8 Å². The van der Waals surface area contributed by atoms with Gasteiger partial charge in [0.05, 0.1) is 0 Å². The highest BCUT2D eigenvalue weighted by Gasteiger charge is 2.35. The molecule has 0 aromatic heterocycles. The predicted octanol–water partition coefficient (Wildman–Crippen LogP) is 1.60. The Bertz CT molecular complexity index is 302. The molecule has 5 heteroatoms. The van der Waals surface area contributed by atoms with Gasteiger partial charge in [-0.15, -0.1) is 0 Å². The van der Waals surface area contributed by atoms with E-state index >= 15 is 0 Å². The van der Waals surface area contributed by atoms with Crippen molar-refractivity contribution in [3.8, 4) is 0 Å².